The van der Waals surface area contributed by atoms with Crippen LogP contribution in [0.5, 0.6) is 0 Å². The molecular weight excluding hydrogens is 210 g/mol. The lowest BCUT2D eigenvalue weighted by Gasteiger charge is -2.32. The first-order valence-electron chi connectivity index (χ1n) is 6.70. The summed E-state index contributed by atoms with van der Waals surface area (Å²) in [6.07, 6.45) is 8.78. The SMILES string of the molecule is NCCC1CCCN(CCc2ccncc2)C1. The molecule has 1 saturated heterocycles. The number of hydrogen-bond acceptors (Lipinski definition) is 3. The second-order valence-corrected chi connectivity index (χ2v) is 4.99. The quantitative estimate of drug-likeness (QED) is 0.841. The zero-order chi connectivity index (χ0) is 11.9. The van der Waals surface area contributed by atoms with Crippen LogP contribution in [0.4, 0.5) is 0 Å². The molecule has 1 aliphatic heterocycles. The third kappa shape index (κ3) is 4.10. The van der Waals surface area contributed by atoms with Gasteiger partial charge in [-0.2, -0.15) is 0 Å². The Balaban J connectivity index is 1.75. The van der Waals surface area contributed by atoms with E-state index in [1.807, 2.05) is 12.4 Å². The molecule has 1 aromatic heterocycles. The highest BCUT2D eigenvalue weighted by Crippen LogP contribution is 2.19. The van der Waals surface area contributed by atoms with Crippen molar-refractivity contribution in [3.05, 3.63) is 30.1 Å². The Bertz CT molecular complexity index is 311. The van der Waals surface area contributed by atoms with Crippen LogP contribution >= 0.6 is 0 Å². The smallest absolute Gasteiger partial charge is 0.0270 e. The molecule has 0 spiro atoms. The number of nitrogens with zero attached hydrogens (tertiary/aromatic N) is 2. The van der Waals surface area contributed by atoms with E-state index in [1.54, 1.807) is 0 Å². The van der Waals surface area contributed by atoms with Gasteiger partial charge < -0.3 is 10.6 Å². The van der Waals surface area contributed by atoms with Crippen LogP contribution in [-0.4, -0.2) is 36.1 Å². The largest absolute Gasteiger partial charge is 0.330 e. The highest BCUT2D eigenvalue weighted by atomic mass is 15.1. The predicted molar refractivity (Wildman–Crippen MR) is 70.8 cm³/mol. The third-order valence-electron chi connectivity index (χ3n) is 3.64. The van der Waals surface area contributed by atoms with E-state index in [4.69, 9.17) is 5.73 Å². The fraction of sp³-hybridized carbons (Fsp3) is 0.643. The van der Waals surface area contributed by atoms with Gasteiger partial charge in [0.1, 0.15) is 0 Å². The predicted octanol–water partition coefficient (Wildman–Crippen LogP) is 1.68. The molecule has 0 amide bonds. The number of hydrogen-bond donors (Lipinski definition) is 1. The topological polar surface area (TPSA) is 42.1 Å². The van der Waals surface area contributed by atoms with Crippen molar-refractivity contribution < 1.29 is 0 Å². The van der Waals surface area contributed by atoms with Gasteiger partial charge in [-0.25, -0.2) is 0 Å². The number of pyridine rings is 1. The second-order valence-electron chi connectivity index (χ2n) is 4.99. The summed E-state index contributed by atoms with van der Waals surface area (Å²) in [4.78, 5) is 6.64. The summed E-state index contributed by atoms with van der Waals surface area (Å²) in [5, 5.41) is 0. The summed E-state index contributed by atoms with van der Waals surface area (Å²) in [6.45, 7) is 4.50. The maximum absolute atomic E-state index is 5.64. The maximum Gasteiger partial charge on any atom is 0.0270 e. The molecule has 0 aromatic carbocycles. The van der Waals surface area contributed by atoms with Gasteiger partial charge in [0.05, 0.1) is 0 Å². The van der Waals surface area contributed by atoms with E-state index in [2.05, 4.69) is 22.0 Å². The molecule has 1 aromatic rings. The average Bonchev–Trinajstić information content (AvgIpc) is 2.39. The van der Waals surface area contributed by atoms with Crippen molar-refractivity contribution in [3.8, 4) is 0 Å². The summed E-state index contributed by atoms with van der Waals surface area (Å²) in [6, 6.07) is 4.22. The van der Waals surface area contributed by atoms with Crippen LogP contribution in [0, 0.1) is 5.92 Å². The van der Waals surface area contributed by atoms with E-state index in [0.29, 0.717) is 0 Å². The summed E-state index contributed by atoms with van der Waals surface area (Å²) in [5.41, 5.74) is 7.03. The average molecular weight is 233 g/mol. The van der Waals surface area contributed by atoms with Crippen molar-refractivity contribution in [2.75, 3.05) is 26.2 Å². The van der Waals surface area contributed by atoms with Crippen LogP contribution in [0.3, 0.4) is 0 Å². The Morgan fingerprint density at radius 3 is 2.94 bits per heavy atom. The fourth-order valence-corrected chi connectivity index (χ4v) is 2.66. The Morgan fingerprint density at radius 2 is 2.18 bits per heavy atom. The lowest BCUT2D eigenvalue weighted by atomic mass is 9.94. The number of nitrogens with two attached hydrogens (primary N) is 1. The van der Waals surface area contributed by atoms with Gasteiger partial charge in [0.2, 0.25) is 0 Å². The lowest BCUT2D eigenvalue weighted by molar-refractivity contribution is 0.172. The molecule has 0 aliphatic carbocycles. The Labute approximate surface area is 104 Å². The molecule has 3 nitrogen and oxygen atoms in total. The van der Waals surface area contributed by atoms with Crippen molar-refractivity contribution in [1.29, 1.82) is 0 Å². The van der Waals surface area contributed by atoms with Crippen LogP contribution in [-0.2, 0) is 6.42 Å². The van der Waals surface area contributed by atoms with Gasteiger partial charge in [-0.1, -0.05) is 0 Å². The zero-order valence-electron chi connectivity index (χ0n) is 10.5. The van der Waals surface area contributed by atoms with Gasteiger partial charge >= 0.3 is 0 Å². The minimum absolute atomic E-state index is 0.825. The molecule has 2 rings (SSSR count). The standard InChI is InChI=1S/C14H23N3/c15-7-3-14-2-1-10-17(12-14)11-6-13-4-8-16-9-5-13/h4-5,8-9,14H,1-3,6-7,10-12,15H2. The van der Waals surface area contributed by atoms with Crippen LogP contribution in [0.1, 0.15) is 24.8 Å². The molecule has 17 heavy (non-hydrogen) atoms. The number of piperidine rings is 1. The zero-order valence-corrected chi connectivity index (χ0v) is 10.5. The van der Waals surface area contributed by atoms with Gasteiger partial charge in [-0.3, -0.25) is 4.98 Å². The van der Waals surface area contributed by atoms with Crippen LogP contribution < -0.4 is 5.73 Å². The van der Waals surface area contributed by atoms with Crippen molar-refractivity contribution in [1.82, 2.24) is 9.88 Å². The molecule has 1 unspecified atom stereocenters. The highest BCUT2D eigenvalue weighted by Gasteiger charge is 2.18. The van der Waals surface area contributed by atoms with E-state index in [9.17, 15) is 0 Å². The van der Waals surface area contributed by atoms with Gasteiger partial charge in [0, 0.05) is 25.5 Å². The van der Waals surface area contributed by atoms with Gasteiger partial charge in [-0.15, -0.1) is 0 Å². The van der Waals surface area contributed by atoms with E-state index >= 15 is 0 Å². The van der Waals surface area contributed by atoms with E-state index in [1.165, 1.54) is 44.5 Å². The van der Waals surface area contributed by atoms with E-state index in [-0.39, 0.29) is 0 Å². The highest BCUT2D eigenvalue weighted by molar-refractivity contribution is 5.09. The number of aromatic nitrogens is 1. The maximum atomic E-state index is 5.64. The first-order chi connectivity index (χ1) is 8.38. The van der Waals surface area contributed by atoms with Gasteiger partial charge in [0.25, 0.3) is 0 Å². The second kappa shape index (κ2) is 6.72. The minimum Gasteiger partial charge on any atom is -0.330 e. The molecule has 2 N–H and O–H groups in total. The molecule has 94 valence electrons. The Morgan fingerprint density at radius 1 is 1.35 bits per heavy atom. The normalized spacial score (nSPS) is 21.6. The number of rotatable bonds is 5. The van der Waals surface area contributed by atoms with Crippen molar-refractivity contribution in [2.24, 2.45) is 11.7 Å². The Hall–Kier alpha value is -0.930. The van der Waals surface area contributed by atoms with Gasteiger partial charge in [-0.05, 0) is 62.4 Å². The van der Waals surface area contributed by atoms with Crippen molar-refractivity contribution in [2.45, 2.75) is 25.7 Å². The summed E-state index contributed by atoms with van der Waals surface area (Å²) in [5.74, 6) is 0.825. The molecule has 0 bridgehead atoms. The Kier molecular flexibility index (Phi) is 4.95. The van der Waals surface area contributed by atoms with E-state index < -0.39 is 0 Å². The molecule has 0 radical (unpaired) electrons. The number of likely N-dealkylation sites (tertiary alicyclic amines) is 1. The molecule has 2 heterocycles. The van der Waals surface area contributed by atoms with E-state index in [0.717, 1.165) is 18.9 Å². The lowest BCUT2D eigenvalue weighted by Crippen LogP contribution is -2.37. The monoisotopic (exact) mass is 233 g/mol. The molecule has 1 fully saturated rings. The van der Waals surface area contributed by atoms with Crippen molar-refractivity contribution in [3.63, 3.8) is 0 Å². The summed E-state index contributed by atoms with van der Waals surface area (Å²) in [7, 11) is 0. The molecule has 3 heteroatoms. The van der Waals surface area contributed by atoms with Crippen LogP contribution in [0.2, 0.25) is 0 Å². The minimum atomic E-state index is 0.825. The molecule has 0 saturated carbocycles. The summed E-state index contributed by atoms with van der Waals surface area (Å²) < 4.78 is 0. The first-order valence-corrected chi connectivity index (χ1v) is 6.70. The van der Waals surface area contributed by atoms with Crippen LogP contribution in [0.15, 0.2) is 24.5 Å². The fourth-order valence-electron chi connectivity index (χ4n) is 2.66. The molecular formula is C14H23N3. The molecule has 1 aliphatic rings. The van der Waals surface area contributed by atoms with Crippen LogP contribution in [0.25, 0.3) is 0 Å². The third-order valence-corrected chi connectivity index (χ3v) is 3.64. The first kappa shape index (κ1) is 12.5. The van der Waals surface area contributed by atoms with Gasteiger partial charge in [0.15, 0.2) is 0 Å². The summed E-state index contributed by atoms with van der Waals surface area (Å²) >= 11 is 0. The van der Waals surface area contributed by atoms with Crippen molar-refractivity contribution >= 4 is 0 Å². The molecule has 1 atom stereocenters.